The van der Waals surface area contributed by atoms with Gasteiger partial charge >= 0.3 is 0 Å². The van der Waals surface area contributed by atoms with E-state index in [2.05, 4.69) is 35.9 Å². The molecule has 0 saturated carbocycles. The second-order valence-electron chi connectivity index (χ2n) is 5.85. The molecule has 0 N–H and O–H groups in total. The van der Waals surface area contributed by atoms with Crippen molar-refractivity contribution in [2.45, 2.75) is 40.2 Å². The van der Waals surface area contributed by atoms with Crippen LogP contribution in [0.25, 0.3) is 0 Å². The van der Waals surface area contributed by atoms with E-state index in [1.54, 1.807) is 6.92 Å². The molecule has 6 heteroatoms. The van der Waals surface area contributed by atoms with Crippen molar-refractivity contribution in [1.29, 1.82) is 0 Å². The van der Waals surface area contributed by atoms with Gasteiger partial charge in [0.15, 0.2) is 0 Å². The molecule has 0 spiro atoms. The lowest BCUT2D eigenvalue weighted by Gasteiger charge is -2.36. The highest BCUT2D eigenvalue weighted by molar-refractivity contribution is 5.73. The summed E-state index contributed by atoms with van der Waals surface area (Å²) in [7, 11) is 0. The smallest absolute Gasteiger partial charge is 0.233 e. The third-order valence-corrected chi connectivity index (χ3v) is 3.73. The first-order chi connectivity index (χ1) is 9.47. The summed E-state index contributed by atoms with van der Waals surface area (Å²) < 4.78 is 5.74. The van der Waals surface area contributed by atoms with Gasteiger partial charge in [0.2, 0.25) is 17.7 Å². The van der Waals surface area contributed by atoms with E-state index in [4.69, 9.17) is 4.42 Å². The molecule has 1 saturated heterocycles. The number of piperazine rings is 1. The Labute approximate surface area is 120 Å². The zero-order valence-corrected chi connectivity index (χ0v) is 12.8. The lowest BCUT2D eigenvalue weighted by Crippen LogP contribution is -2.48. The molecule has 112 valence electrons. The summed E-state index contributed by atoms with van der Waals surface area (Å²) in [6.45, 7) is 11.2. The average molecular weight is 280 g/mol. The minimum atomic E-state index is 0.109. The number of amides is 1. The zero-order valence-electron chi connectivity index (χ0n) is 12.8. The molecule has 1 aliphatic heterocycles. The fraction of sp³-hybridized carbons (Fsp3) is 0.786. The largest absolute Gasteiger partial charge is 0.424 e. The molecule has 1 aromatic rings. The van der Waals surface area contributed by atoms with Crippen molar-refractivity contribution >= 4 is 5.91 Å². The molecule has 1 fully saturated rings. The average Bonchev–Trinajstić information content (AvgIpc) is 2.85. The van der Waals surface area contributed by atoms with Crippen LogP contribution in [0.3, 0.4) is 0 Å². The van der Waals surface area contributed by atoms with E-state index in [1.165, 1.54) is 0 Å². The Morgan fingerprint density at radius 2 is 1.85 bits per heavy atom. The van der Waals surface area contributed by atoms with Gasteiger partial charge in [-0.25, -0.2) is 0 Å². The van der Waals surface area contributed by atoms with Crippen LogP contribution in [0.2, 0.25) is 0 Å². The van der Waals surface area contributed by atoms with Crippen molar-refractivity contribution in [2.24, 2.45) is 5.92 Å². The maximum Gasteiger partial charge on any atom is 0.233 e. The normalized spacial score (nSPS) is 18.6. The number of nitrogens with zero attached hydrogens (tertiary/aromatic N) is 4. The first kappa shape index (κ1) is 15.0. The van der Waals surface area contributed by atoms with Crippen LogP contribution in [0.5, 0.6) is 0 Å². The third kappa shape index (κ3) is 3.56. The molecule has 1 aliphatic rings. The number of aromatic nitrogens is 2. The summed E-state index contributed by atoms with van der Waals surface area (Å²) in [5.41, 5.74) is 0. The third-order valence-electron chi connectivity index (χ3n) is 3.73. The van der Waals surface area contributed by atoms with Crippen LogP contribution in [0.1, 0.15) is 45.5 Å². The first-order valence-corrected chi connectivity index (χ1v) is 7.29. The van der Waals surface area contributed by atoms with Crippen LogP contribution < -0.4 is 0 Å². The maximum atomic E-state index is 11.3. The standard InChI is InChI=1S/C14H24N4O2/c1-10(2)9-13-15-16-14(20-13)11(3)17-5-7-18(8-6-17)12(4)19/h10-11H,5-9H2,1-4H3. The second-order valence-corrected chi connectivity index (χ2v) is 5.85. The van der Waals surface area contributed by atoms with Crippen LogP contribution >= 0.6 is 0 Å². The predicted molar refractivity (Wildman–Crippen MR) is 75.1 cm³/mol. The topological polar surface area (TPSA) is 62.5 Å². The molecule has 0 aliphatic carbocycles. The Morgan fingerprint density at radius 3 is 2.40 bits per heavy atom. The monoisotopic (exact) mass is 280 g/mol. The summed E-state index contributed by atoms with van der Waals surface area (Å²) >= 11 is 0. The van der Waals surface area contributed by atoms with E-state index in [1.807, 2.05) is 4.90 Å². The van der Waals surface area contributed by atoms with Crippen LogP contribution in [0, 0.1) is 5.92 Å². The fourth-order valence-electron chi connectivity index (χ4n) is 2.45. The van der Waals surface area contributed by atoms with Gasteiger partial charge in [-0.15, -0.1) is 10.2 Å². The Kier molecular flexibility index (Phi) is 4.75. The highest BCUT2D eigenvalue weighted by Crippen LogP contribution is 2.21. The minimum Gasteiger partial charge on any atom is -0.424 e. The van der Waals surface area contributed by atoms with Crippen LogP contribution in [0.4, 0.5) is 0 Å². The molecular formula is C14H24N4O2. The summed E-state index contributed by atoms with van der Waals surface area (Å²) in [6, 6.07) is 0.109. The molecule has 1 unspecified atom stereocenters. The molecular weight excluding hydrogens is 256 g/mol. The van der Waals surface area contributed by atoms with Crippen LogP contribution in [0.15, 0.2) is 4.42 Å². The van der Waals surface area contributed by atoms with Crippen molar-refractivity contribution in [2.75, 3.05) is 26.2 Å². The van der Waals surface area contributed by atoms with Gasteiger partial charge in [0, 0.05) is 39.5 Å². The lowest BCUT2D eigenvalue weighted by molar-refractivity contribution is -0.130. The van der Waals surface area contributed by atoms with Gasteiger partial charge in [0.1, 0.15) is 0 Å². The van der Waals surface area contributed by atoms with Crippen LogP contribution in [-0.2, 0) is 11.2 Å². The van der Waals surface area contributed by atoms with Crippen molar-refractivity contribution in [1.82, 2.24) is 20.0 Å². The van der Waals surface area contributed by atoms with Gasteiger partial charge in [-0.2, -0.15) is 0 Å². The number of carbonyl (C=O) groups is 1. The number of rotatable bonds is 4. The summed E-state index contributed by atoms with van der Waals surface area (Å²) in [4.78, 5) is 15.5. The fourth-order valence-corrected chi connectivity index (χ4v) is 2.45. The van der Waals surface area contributed by atoms with Crippen molar-refractivity contribution in [3.05, 3.63) is 11.8 Å². The molecule has 20 heavy (non-hydrogen) atoms. The van der Waals surface area contributed by atoms with Crippen molar-refractivity contribution < 1.29 is 9.21 Å². The van der Waals surface area contributed by atoms with E-state index in [0.717, 1.165) is 32.6 Å². The van der Waals surface area contributed by atoms with Crippen molar-refractivity contribution in [3.8, 4) is 0 Å². The highest BCUT2D eigenvalue weighted by atomic mass is 16.4. The van der Waals surface area contributed by atoms with Gasteiger partial charge in [0.05, 0.1) is 6.04 Å². The van der Waals surface area contributed by atoms with E-state index in [0.29, 0.717) is 17.7 Å². The Balaban J connectivity index is 1.93. The zero-order chi connectivity index (χ0) is 14.7. The maximum absolute atomic E-state index is 11.3. The summed E-state index contributed by atoms with van der Waals surface area (Å²) in [6.07, 6.45) is 0.817. The molecule has 1 aromatic heterocycles. The van der Waals surface area contributed by atoms with Gasteiger partial charge < -0.3 is 9.32 Å². The molecule has 0 aromatic carbocycles. The van der Waals surface area contributed by atoms with Gasteiger partial charge in [-0.05, 0) is 12.8 Å². The molecule has 2 rings (SSSR count). The SMILES string of the molecule is CC(=O)N1CCN(C(C)c2nnc(CC(C)C)o2)CC1. The quantitative estimate of drug-likeness (QED) is 0.836. The highest BCUT2D eigenvalue weighted by Gasteiger charge is 2.26. The second kappa shape index (κ2) is 6.35. The Hall–Kier alpha value is -1.43. The summed E-state index contributed by atoms with van der Waals surface area (Å²) in [5, 5.41) is 8.27. The first-order valence-electron chi connectivity index (χ1n) is 7.29. The van der Waals surface area contributed by atoms with Crippen LogP contribution in [-0.4, -0.2) is 52.1 Å². The van der Waals surface area contributed by atoms with E-state index in [-0.39, 0.29) is 11.9 Å². The summed E-state index contributed by atoms with van der Waals surface area (Å²) in [5.74, 6) is 2.05. The molecule has 0 radical (unpaired) electrons. The molecule has 1 amide bonds. The molecule has 1 atom stereocenters. The lowest BCUT2D eigenvalue weighted by atomic mass is 10.1. The molecule has 2 heterocycles. The Morgan fingerprint density at radius 1 is 1.20 bits per heavy atom. The van der Waals surface area contributed by atoms with E-state index in [9.17, 15) is 4.79 Å². The Bertz CT molecular complexity index is 450. The van der Waals surface area contributed by atoms with Gasteiger partial charge in [-0.1, -0.05) is 13.8 Å². The predicted octanol–water partition coefficient (Wildman–Crippen LogP) is 1.49. The number of hydrogen-bond donors (Lipinski definition) is 0. The van der Waals surface area contributed by atoms with E-state index < -0.39 is 0 Å². The van der Waals surface area contributed by atoms with E-state index >= 15 is 0 Å². The minimum absolute atomic E-state index is 0.109. The number of carbonyl (C=O) groups excluding carboxylic acids is 1. The number of hydrogen-bond acceptors (Lipinski definition) is 5. The molecule has 6 nitrogen and oxygen atoms in total. The molecule has 0 bridgehead atoms. The van der Waals surface area contributed by atoms with Gasteiger partial charge in [-0.3, -0.25) is 9.69 Å². The van der Waals surface area contributed by atoms with Crippen molar-refractivity contribution in [3.63, 3.8) is 0 Å². The van der Waals surface area contributed by atoms with Gasteiger partial charge in [0.25, 0.3) is 0 Å².